The van der Waals surface area contributed by atoms with E-state index in [-0.39, 0.29) is 23.8 Å². The van der Waals surface area contributed by atoms with Gasteiger partial charge in [-0.15, -0.1) is 0 Å². The zero-order valence-corrected chi connectivity index (χ0v) is 15.4. The van der Waals surface area contributed by atoms with Crippen LogP contribution in [0.1, 0.15) is 22.3 Å². The third-order valence-electron chi connectivity index (χ3n) is 4.77. The quantitative estimate of drug-likeness (QED) is 0.832. The van der Waals surface area contributed by atoms with Crippen molar-refractivity contribution in [3.63, 3.8) is 0 Å². The second kappa shape index (κ2) is 8.66. The molecule has 0 aromatic heterocycles. The number of carbonyl (C=O) groups is 2. The molecular weight excluding hydrogens is 347 g/mol. The minimum atomic E-state index is -0.518. The molecule has 0 unspecified atom stereocenters. The molecule has 0 radical (unpaired) electrons. The van der Waals surface area contributed by atoms with Gasteiger partial charge in [0.1, 0.15) is 11.6 Å². The zero-order valence-electron chi connectivity index (χ0n) is 15.4. The molecule has 1 fully saturated rings. The number of methoxy groups -OCH3 is 1. The lowest BCUT2D eigenvalue weighted by Crippen LogP contribution is -2.38. The highest BCUT2D eigenvalue weighted by molar-refractivity contribution is 5.94. The van der Waals surface area contributed by atoms with Gasteiger partial charge in [-0.1, -0.05) is 30.3 Å². The van der Waals surface area contributed by atoms with Crippen LogP contribution < -0.4 is 4.74 Å². The van der Waals surface area contributed by atoms with E-state index >= 15 is 0 Å². The summed E-state index contributed by atoms with van der Waals surface area (Å²) in [5.41, 5.74) is 0.917. The lowest BCUT2D eigenvalue weighted by molar-refractivity contribution is -0.130. The van der Waals surface area contributed by atoms with Crippen LogP contribution in [-0.2, 0) is 11.2 Å². The molecule has 27 heavy (non-hydrogen) atoms. The maximum Gasteiger partial charge on any atom is 0.256 e. The third-order valence-corrected chi connectivity index (χ3v) is 4.77. The van der Waals surface area contributed by atoms with Gasteiger partial charge in [-0.25, -0.2) is 4.39 Å². The van der Waals surface area contributed by atoms with Gasteiger partial charge in [0.05, 0.1) is 19.1 Å². The van der Waals surface area contributed by atoms with Crippen molar-refractivity contribution in [1.82, 2.24) is 9.80 Å². The molecule has 0 saturated carbocycles. The molecule has 1 heterocycles. The Morgan fingerprint density at radius 1 is 0.963 bits per heavy atom. The van der Waals surface area contributed by atoms with Gasteiger partial charge >= 0.3 is 0 Å². The number of rotatable bonds is 4. The number of carbonyl (C=O) groups excluding carboxylic acids is 2. The molecule has 5 nitrogen and oxygen atoms in total. The average molecular weight is 370 g/mol. The Hall–Kier alpha value is -2.89. The third kappa shape index (κ3) is 4.45. The first kappa shape index (κ1) is 18.9. The summed E-state index contributed by atoms with van der Waals surface area (Å²) in [6.07, 6.45) is 0.920. The Morgan fingerprint density at radius 3 is 2.41 bits per heavy atom. The Balaban J connectivity index is 1.63. The standard InChI is InChI=1S/C21H23FN2O3/c1-27-19-10-5-2-7-16(19)15-20(25)23-11-6-12-24(14-13-23)21(26)17-8-3-4-9-18(17)22/h2-5,7-10H,6,11-15H2,1H3. The van der Waals surface area contributed by atoms with E-state index in [1.807, 2.05) is 24.3 Å². The maximum atomic E-state index is 13.9. The fraction of sp³-hybridized carbons (Fsp3) is 0.333. The highest BCUT2D eigenvalue weighted by Gasteiger charge is 2.24. The molecule has 0 N–H and O–H groups in total. The predicted molar refractivity (Wildman–Crippen MR) is 100 cm³/mol. The van der Waals surface area contributed by atoms with Gasteiger partial charge in [0.25, 0.3) is 5.91 Å². The molecule has 1 aliphatic rings. The van der Waals surface area contributed by atoms with Gasteiger partial charge in [0, 0.05) is 31.7 Å². The number of nitrogens with zero attached hydrogens (tertiary/aromatic N) is 2. The van der Waals surface area contributed by atoms with Crippen LogP contribution in [0.5, 0.6) is 5.75 Å². The molecule has 1 saturated heterocycles. The average Bonchev–Trinajstić information content (AvgIpc) is 2.94. The second-order valence-corrected chi connectivity index (χ2v) is 6.50. The van der Waals surface area contributed by atoms with Gasteiger partial charge in [-0.3, -0.25) is 9.59 Å². The molecular formula is C21H23FN2O3. The molecule has 3 rings (SSSR count). The molecule has 2 amide bonds. The molecule has 2 aromatic rings. The topological polar surface area (TPSA) is 49.9 Å². The van der Waals surface area contributed by atoms with Crippen molar-refractivity contribution in [2.75, 3.05) is 33.3 Å². The molecule has 0 bridgehead atoms. The number of halogens is 1. The molecule has 0 spiro atoms. The van der Waals surface area contributed by atoms with Crippen molar-refractivity contribution in [3.05, 3.63) is 65.5 Å². The fourth-order valence-electron chi connectivity index (χ4n) is 3.30. The fourth-order valence-corrected chi connectivity index (χ4v) is 3.30. The van der Waals surface area contributed by atoms with E-state index in [0.717, 1.165) is 5.56 Å². The van der Waals surface area contributed by atoms with E-state index in [1.54, 1.807) is 29.0 Å². The first-order chi connectivity index (χ1) is 13.1. The minimum absolute atomic E-state index is 0.000286. The maximum absolute atomic E-state index is 13.9. The van der Waals surface area contributed by atoms with Crippen molar-refractivity contribution in [3.8, 4) is 5.75 Å². The summed E-state index contributed by atoms with van der Waals surface area (Å²) in [5, 5.41) is 0. The number of benzene rings is 2. The van der Waals surface area contributed by atoms with Gasteiger partial charge in [0.2, 0.25) is 5.91 Å². The van der Waals surface area contributed by atoms with E-state index in [4.69, 9.17) is 4.74 Å². The largest absolute Gasteiger partial charge is 0.496 e. The summed E-state index contributed by atoms with van der Waals surface area (Å²) in [6.45, 7) is 1.92. The number of hydrogen-bond donors (Lipinski definition) is 0. The van der Waals surface area contributed by atoms with E-state index in [9.17, 15) is 14.0 Å². The normalized spacial score (nSPS) is 14.6. The van der Waals surface area contributed by atoms with Crippen molar-refractivity contribution < 1.29 is 18.7 Å². The van der Waals surface area contributed by atoms with Crippen LogP contribution in [0.4, 0.5) is 4.39 Å². The van der Waals surface area contributed by atoms with E-state index in [1.165, 1.54) is 12.1 Å². The SMILES string of the molecule is COc1ccccc1CC(=O)N1CCCN(C(=O)c2ccccc2F)CC1. The van der Waals surface area contributed by atoms with Crippen molar-refractivity contribution in [1.29, 1.82) is 0 Å². The molecule has 0 atom stereocenters. The van der Waals surface area contributed by atoms with Crippen LogP contribution in [0.25, 0.3) is 0 Å². The van der Waals surface area contributed by atoms with Gasteiger partial charge < -0.3 is 14.5 Å². The summed E-state index contributed by atoms with van der Waals surface area (Å²) in [7, 11) is 1.58. The summed E-state index contributed by atoms with van der Waals surface area (Å²) >= 11 is 0. The predicted octanol–water partition coefficient (Wildman–Crippen LogP) is 2.75. The van der Waals surface area contributed by atoms with E-state index < -0.39 is 5.82 Å². The van der Waals surface area contributed by atoms with Crippen LogP contribution in [0, 0.1) is 5.82 Å². The Kier molecular flexibility index (Phi) is 6.06. The first-order valence-corrected chi connectivity index (χ1v) is 9.03. The first-order valence-electron chi connectivity index (χ1n) is 9.03. The highest BCUT2D eigenvalue weighted by atomic mass is 19.1. The van der Waals surface area contributed by atoms with Crippen LogP contribution in [0.15, 0.2) is 48.5 Å². The summed E-state index contributed by atoms with van der Waals surface area (Å²) < 4.78 is 19.2. The lowest BCUT2D eigenvalue weighted by Gasteiger charge is -2.22. The number of hydrogen-bond acceptors (Lipinski definition) is 3. The Labute approximate surface area is 158 Å². The lowest BCUT2D eigenvalue weighted by atomic mass is 10.1. The molecule has 142 valence electrons. The minimum Gasteiger partial charge on any atom is -0.496 e. The van der Waals surface area contributed by atoms with E-state index in [0.29, 0.717) is 38.3 Å². The molecule has 6 heteroatoms. The summed E-state index contributed by atoms with van der Waals surface area (Å²) in [6, 6.07) is 13.4. The Bertz CT molecular complexity index is 825. The number of amides is 2. The van der Waals surface area contributed by atoms with Crippen LogP contribution in [0.3, 0.4) is 0 Å². The highest BCUT2D eigenvalue weighted by Crippen LogP contribution is 2.19. The van der Waals surface area contributed by atoms with Crippen LogP contribution >= 0.6 is 0 Å². The van der Waals surface area contributed by atoms with Crippen molar-refractivity contribution in [2.45, 2.75) is 12.8 Å². The van der Waals surface area contributed by atoms with Crippen LogP contribution in [0.2, 0.25) is 0 Å². The van der Waals surface area contributed by atoms with Gasteiger partial charge in [0.15, 0.2) is 0 Å². The monoisotopic (exact) mass is 370 g/mol. The molecule has 0 aliphatic carbocycles. The second-order valence-electron chi connectivity index (χ2n) is 6.50. The zero-order chi connectivity index (χ0) is 19.2. The van der Waals surface area contributed by atoms with Crippen molar-refractivity contribution in [2.24, 2.45) is 0 Å². The van der Waals surface area contributed by atoms with E-state index in [2.05, 4.69) is 0 Å². The van der Waals surface area contributed by atoms with Gasteiger partial charge in [-0.2, -0.15) is 0 Å². The molecule has 1 aliphatic heterocycles. The smallest absolute Gasteiger partial charge is 0.256 e. The van der Waals surface area contributed by atoms with Gasteiger partial charge in [-0.05, 0) is 24.6 Å². The summed E-state index contributed by atoms with van der Waals surface area (Å²) in [5.74, 6) is -0.153. The number of ether oxygens (including phenoxy) is 1. The van der Waals surface area contributed by atoms with Crippen LogP contribution in [-0.4, -0.2) is 54.9 Å². The number of para-hydroxylation sites is 1. The summed E-state index contributed by atoms with van der Waals surface area (Å²) in [4.78, 5) is 28.7. The molecule has 2 aromatic carbocycles. The Morgan fingerprint density at radius 2 is 1.63 bits per heavy atom. The van der Waals surface area contributed by atoms with Crippen molar-refractivity contribution >= 4 is 11.8 Å².